The van der Waals surface area contributed by atoms with Gasteiger partial charge in [0.1, 0.15) is 11.7 Å². The fraction of sp³-hybridized carbons (Fsp3) is 0.583. The number of allylic oxidation sites excluding steroid dienone is 2. The van der Waals surface area contributed by atoms with E-state index in [9.17, 15) is 0 Å². The van der Waals surface area contributed by atoms with E-state index in [0.29, 0.717) is 19.6 Å². The van der Waals surface area contributed by atoms with Crippen molar-refractivity contribution in [2.45, 2.75) is 32.0 Å². The third-order valence-corrected chi connectivity index (χ3v) is 2.37. The number of nitrogens with zero attached hydrogens (tertiary/aromatic N) is 1. The third kappa shape index (κ3) is 2.68. The molecule has 0 heterocycles. The molecule has 82 valence electrons. The summed E-state index contributed by atoms with van der Waals surface area (Å²) in [6, 6.07) is 2.16. The van der Waals surface area contributed by atoms with Crippen molar-refractivity contribution in [2.24, 2.45) is 0 Å². The molecule has 1 aliphatic carbocycles. The second-order valence-corrected chi connectivity index (χ2v) is 3.34. The van der Waals surface area contributed by atoms with Gasteiger partial charge in [-0.2, -0.15) is 5.26 Å². The Morgan fingerprint density at radius 2 is 2.13 bits per heavy atom. The molecule has 0 aromatic rings. The topological polar surface area (TPSA) is 42.2 Å². The smallest absolute Gasteiger partial charge is 0.129 e. The fourth-order valence-electron chi connectivity index (χ4n) is 1.75. The van der Waals surface area contributed by atoms with Crippen molar-refractivity contribution >= 4 is 0 Å². The van der Waals surface area contributed by atoms with Crippen LogP contribution in [0.2, 0.25) is 0 Å². The van der Waals surface area contributed by atoms with E-state index >= 15 is 0 Å². The Balaban J connectivity index is 2.86. The van der Waals surface area contributed by atoms with Gasteiger partial charge >= 0.3 is 0 Å². The van der Waals surface area contributed by atoms with Crippen LogP contribution in [0.3, 0.4) is 0 Å². The Kier molecular flexibility index (Phi) is 4.54. The number of hydrogen-bond donors (Lipinski definition) is 0. The van der Waals surface area contributed by atoms with Crippen LogP contribution in [0.4, 0.5) is 0 Å². The Hall–Kier alpha value is -1.11. The van der Waals surface area contributed by atoms with Gasteiger partial charge in [-0.15, -0.1) is 0 Å². The maximum absolute atomic E-state index is 8.85. The molecule has 0 aromatic carbocycles. The highest BCUT2D eigenvalue weighted by molar-refractivity contribution is 5.25. The molecular formula is C12H17NO2. The van der Waals surface area contributed by atoms with Crippen molar-refractivity contribution in [3.05, 3.63) is 24.3 Å². The van der Waals surface area contributed by atoms with Crippen LogP contribution in [0.25, 0.3) is 0 Å². The van der Waals surface area contributed by atoms with E-state index in [2.05, 4.69) is 6.07 Å². The summed E-state index contributed by atoms with van der Waals surface area (Å²) in [4.78, 5) is 0. The quantitative estimate of drug-likeness (QED) is 0.694. The molecule has 1 aliphatic rings. The first-order chi connectivity index (χ1) is 7.29. The van der Waals surface area contributed by atoms with E-state index < -0.39 is 5.60 Å². The number of rotatable bonds is 5. The van der Waals surface area contributed by atoms with Gasteiger partial charge < -0.3 is 9.47 Å². The van der Waals surface area contributed by atoms with Crippen molar-refractivity contribution in [2.75, 3.05) is 13.2 Å². The van der Waals surface area contributed by atoms with Crippen LogP contribution >= 0.6 is 0 Å². The molecule has 0 fully saturated rings. The molecule has 1 rings (SSSR count). The van der Waals surface area contributed by atoms with Gasteiger partial charge in [0.25, 0.3) is 0 Å². The minimum absolute atomic E-state index is 0.160. The fourth-order valence-corrected chi connectivity index (χ4v) is 1.75. The van der Waals surface area contributed by atoms with Gasteiger partial charge in [0.05, 0.1) is 12.5 Å². The van der Waals surface area contributed by atoms with Crippen LogP contribution in [0.1, 0.15) is 20.3 Å². The van der Waals surface area contributed by atoms with Gasteiger partial charge in [-0.25, -0.2) is 0 Å². The second kappa shape index (κ2) is 5.69. The summed E-state index contributed by atoms with van der Waals surface area (Å²) >= 11 is 0. The molecule has 0 saturated heterocycles. The maximum Gasteiger partial charge on any atom is 0.129 e. The van der Waals surface area contributed by atoms with E-state index in [-0.39, 0.29) is 6.10 Å². The van der Waals surface area contributed by atoms with Crippen molar-refractivity contribution in [1.82, 2.24) is 0 Å². The molecule has 2 atom stereocenters. The standard InChI is InChI=1S/C12H17NO2/c1-3-14-11-7-5-6-8-12(11,9-10-13)15-4-2/h5-8,11H,3-4,9H2,1-2H3. The summed E-state index contributed by atoms with van der Waals surface area (Å²) < 4.78 is 11.3. The van der Waals surface area contributed by atoms with Gasteiger partial charge in [-0.05, 0) is 19.9 Å². The van der Waals surface area contributed by atoms with E-state index in [0.717, 1.165) is 0 Å². The van der Waals surface area contributed by atoms with E-state index in [1.165, 1.54) is 0 Å². The molecule has 0 bridgehead atoms. The zero-order chi connectivity index (χ0) is 11.1. The zero-order valence-electron chi connectivity index (χ0n) is 9.27. The largest absolute Gasteiger partial charge is 0.371 e. The molecule has 0 aromatic heterocycles. The van der Waals surface area contributed by atoms with Gasteiger partial charge in [0, 0.05) is 13.2 Å². The third-order valence-electron chi connectivity index (χ3n) is 2.37. The van der Waals surface area contributed by atoms with Gasteiger partial charge in [-0.1, -0.05) is 18.2 Å². The lowest BCUT2D eigenvalue weighted by Gasteiger charge is -2.36. The first kappa shape index (κ1) is 12.0. The van der Waals surface area contributed by atoms with Crippen molar-refractivity contribution in [3.8, 4) is 6.07 Å². The average molecular weight is 207 g/mol. The number of ether oxygens (including phenoxy) is 2. The molecule has 2 unspecified atom stereocenters. The molecule has 15 heavy (non-hydrogen) atoms. The van der Waals surface area contributed by atoms with Crippen LogP contribution in [-0.2, 0) is 9.47 Å². The summed E-state index contributed by atoms with van der Waals surface area (Å²) in [5, 5.41) is 8.85. The van der Waals surface area contributed by atoms with Crippen LogP contribution in [0.5, 0.6) is 0 Å². The zero-order valence-corrected chi connectivity index (χ0v) is 9.27. The molecule has 3 heteroatoms. The molecular weight excluding hydrogens is 190 g/mol. The molecule has 0 saturated carbocycles. The van der Waals surface area contributed by atoms with Crippen LogP contribution in [0.15, 0.2) is 24.3 Å². The Bertz CT molecular complexity index is 290. The molecule has 3 nitrogen and oxygen atoms in total. The monoisotopic (exact) mass is 207 g/mol. The first-order valence-corrected chi connectivity index (χ1v) is 5.27. The lowest BCUT2D eigenvalue weighted by atomic mass is 9.89. The SMILES string of the molecule is CCOC1C=CC=CC1(CC#N)OCC. The predicted octanol–water partition coefficient (Wildman–Crippen LogP) is 2.21. The van der Waals surface area contributed by atoms with Gasteiger partial charge in [-0.3, -0.25) is 0 Å². The summed E-state index contributed by atoms with van der Waals surface area (Å²) in [6.45, 7) is 5.05. The molecule has 0 amide bonds. The Morgan fingerprint density at radius 1 is 1.33 bits per heavy atom. The Labute approximate surface area is 91.0 Å². The minimum Gasteiger partial charge on any atom is -0.371 e. The highest BCUT2D eigenvalue weighted by atomic mass is 16.5. The second-order valence-electron chi connectivity index (χ2n) is 3.34. The number of hydrogen-bond acceptors (Lipinski definition) is 3. The van der Waals surface area contributed by atoms with Crippen molar-refractivity contribution < 1.29 is 9.47 Å². The molecule has 0 N–H and O–H groups in total. The van der Waals surface area contributed by atoms with Crippen LogP contribution in [0, 0.1) is 11.3 Å². The van der Waals surface area contributed by atoms with Crippen LogP contribution < -0.4 is 0 Å². The van der Waals surface area contributed by atoms with Gasteiger partial charge in [0.15, 0.2) is 0 Å². The first-order valence-electron chi connectivity index (χ1n) is 5.27. The lowest BCUT2D eigenvalue weighted by Crippen LogP contribution is -2.44. The number of nitriles is 1. The van der Waals surface area contributed by atoms with Crippen molar-refractivity contribution in [3.63, 3.8) is 0 Å². The summed E-state index contributed by atoms with van der Waals surface area (Å²) in [5.41, 5.74) is -0.603. The summed E-state index contributed by atoms with van der Waals surface area (Å²) in [5.74, 6) is 0. The highest BCUT2D eigenvalue weighted by Crippen LogP contribution is 2.28. The van der Waals surface area contributed by atoms with E-state index in [1.807, 2.05) is 38.2 Å². The van der Waals surface area contributed by atoms with E-state index in [1.54, 1.807) is 0 Å². The minimum atomic E-state index is -0.603. The average Bonchev–Trinajstić information content (AvgIpc) is 2.23. The van der Waals surface area contributed by atoms with Crippen molar-refractivity contribution in [1.29, 1.82) is 5.26 Å². The Morgan fingerprint density at radius 3 is 2.73 bits per heavy atom. The predicted molar refractivity (Wildman–Crippen MR) is 58.3 cm³/mol. The van der Waals surface area contributed by atoms with Crippen LogP contribution in [-0.4, -0.2) is 24.9 Å². The van der Waals surface area contributed by atoms with Gasteiger partial charge in [0.2, 0.25) is 0 Å². The highest BCUT2D eigenvalue weighted by Gasteiger charge is 2.37. The summed E-state index contributed by atoms with van der Waals surface area (Å²) in [6.07, 6.45) is 7.84. The maximum atomic E-state index is 8.85. The molecule has 0 aliphatic heterocycles. The van der Waals surface area contributed by atoms with E-state index in [4.69, 9.17) is 14.7 Å². The summed E-state index contributed by atoms with van der Waals surface area (Å²) in [7, 11) is 0. The lowest BCUT2D eigenvalue weighted by molar-refractivity contribution is -0.0926. The molecule has 0 radical (unpaired) electrons. The normalized spacial score (nSPS) is 29.0. The molecule has 0 spiro atoms.